The van der Waals surface area contributed by atoms with Crippen LogP contribution in [0.3, 0.4) is 0 Å². The zero-order valence-corrected chi connectivity index (χ0v) is 5.93. The fourth-order valence-electron chi connectivity index (χ4n) is 0.752. The Balaban J connectivity index is 2.48. The van der Waals surface area contributed by atoms with Crippen LogP contribution in [-0.2, 0) is 0 Å². The summed E-state index contributed by atoms with van der Waals surface area (Å²) in [6, 6.07) is 1.97. The molecular weight excluding hydrogens is 146 g/mol. The van der Waals surface area contributed by atoms with E-state index in [4.69, 9.17) is 0 Å². The predicted octanol–water partition coefficient (Wildman–Crippen LogP) is 1.53. The first-order valence-electron chi connectivity index (χ1n) is 2.86. The SMILES string of the molecule is c1cc(-c2cn[nH]c2)ns1. The first-order valence-corrected chi connectivity index (χ1v) is 3.70. The number of nitrogens with one attached hydrogen (secondary N) is 1. The second kappa shape index (κ2) is 2.22. The molecule has 3 nitrogen and oxygen atoms in total. The molecule has 4 heteroatoms. The third kappa shape index (κ3) is 0.823. The van der Waals surface area contributed by atoms with Crippen molar-refractivity contribution in [3.63, 3.8) is 0 Å². The van der Waals surface area contributed by atoms with Crippen LogP contribution in [0, 0.1) is 0 Å². The standard InChI is InChI=1S/C6H5N3S/c1-2-10-9-6(1)5-3-7-8-4-5/h1-4H,(H,7,8). The van der Waals surface area contributed by atoms with Crippen LogP contribution in [0.2, 0.25) is 0 Å². The van der Waals surface area contributed by atoms with Gasteiger partial charge in [0, 0.05) is 17.1 Å². The minimum Gasteiger partial charge on any atom is -0.285 e. The lowest BCUT2D eigenvalue weighted by molar-refractivity contribution is 1.09. The summed E-state index contributed by atoms with van der Waals surface area (Å²) in [5.41, 5.74) is 2.03. The Morgan fingerprint density at radius 2 is 2.50 bits per heavy atom. The van der Waals surface area contributed by atoms with Crippen molar-refractivity contribution in [2.75, 3.05) is 0 Å². The highest BCUT2D eigenvalue weighted by molar-refractivity contribution is 7.03. The van der Waals surface area contributed by atoms with Gasteiger partial charge in [-0.1, -0.05) is 0 Å². The molecule has 0 saturated carbocycles. The van der Waals surface area contributed by atoms with Crippen molar-refractivity contribution in [1.82, 2.24) is 14.6 Å². The highest BCUT2D eigenvalue weighted by atomic mass is 32.1. The number of hydrogen-bond donors (Lipinski definition) is 1. The van der Waals surface area contributed by atoms with Gasteiger partial charge in [-0.3, -0.25) is 5.10 Å². The van der Waals surface area contributed by atoms with Gasteiger partial charge in [-0.2, -0.15) is 9.47 Å². The van der Waals surface area contributed by atoms with Crippen molar-refractivity contribution in [1.29, 1.82) is 0 Å². The van der Waals surface area contributed by atoms with Crippen molar-refractivity contribution < 1.29 is 0 Å². The van der Waals surface area contributed by atoms with Crippen LogP contribution in [-0.4, -0.2) is 14.6 Å². The van der Waals surface area contributed by atoms with Gasteiger partial charge in [-0.15, -0.1) is 0 Å². The smallest absolute Gasteiger partial charge is 0.0872 e. The molecule has 0 aliphatic carbocycles. The molecule has 0 saturated heterocycles. The minimum absolute atomic E-state index is 0.985. The van der Waals surface area contributed by atoms with E-state index in [2.05, 4.69) is 14.6 Å². The van der Waals surface area contributed by atoms with Gasteiger partial charge in [0.25, 0.3) is 0 Å². The van der Waals surface area contributed by atoms with Crippen LogP contribution in [0.5, 0.6) is 0 Å². The van der Waals surface area contributed by atoms with Crippen LogP contribution < -0.4 is 0 Å². The molecule has 0 atom stereocenters. The lowest BCUT2D eigenvalue weighted by Crippen LogP contribution is -1.67. The molecule has 0 bridgehead atoms. The van der Waals surface area contributed by atoms with Crippen LogP contribution in [0.1, 0.15) is 0 Å². The van der Waals surface area contributed by atoms with Gasteiger partial charge in [-0.05, 0) is 17.6 Å². The summed E-state index contributed by atoms with van der Waals surface area (Å²) >= 11 is 1.45. The fourth-order valence-corrected chi connectivity index (χ4v) is 1.28. The van der Waals surface area contributed by atoms with Gasteiger partial charge < -0.3 is 0 Å². The molecule has 2 rings (SSSR count). The Morgan fingerprint density at radius 1 is 1.50 bits per heavy atom. The Labute approximate surface area is 61.9 Å². The Hall–Kier alpha value is -1.16. The van der Waals surface area contributed by atoms with Crippen molar-refractivity contribution in [3.8, 4) is 11.3 Å². The highest BCUT2D eigenvalue weighted by Crippen LogP contribution is 2.15. The number of rotatable bonds is 1. The van der Waals surface area contributed by atoms with Crippen LogP contribution in [0.15, 0.2) is 23.8 Å². The molecule has 0 aromatic carbocycles. The number of H-pyrrole nitrogens is 1. The summed E-state index contributed by atoms with van der Waals surface area (Å²) in [6.45, 7) is 0. The molecule has 2 heterocycles. The fraction of sp³-hybridized carbons (Fsp3) is 0. The molecule has 2 aromatic rings. The number of nitrogens with zero attached hydrogens (tertiary/aromatic N) is 2. The number of hydrogen-bond acceptors (Lipinski definition) is 3. The molecule has 0 aliphatic heterocycles. The number of aromatic nitrogens is 3. The largest absolute Gasteiger partial charge is 0.285 e. The van der Waals surface area contributed by atoms with E-state index >= 15 is 0 Å². The van der Waals surface area contributed by atoms with E-state index in [-0.39, 0.29) is 0 Å². The van der Waals surface area contributed by atoms with Gasteiger partial charge >= 0.3 is 0 Å². The topological polar surface area (TPSA) is 41.6 Å². The average molecular weight is 151 g/mol. The molecule has 0 aliphatic rings. The van der Waals surface area contributed by atoms with E-state index in [1.165, 1.54) is 11.5 Å². The molecule has 0 spiro atoms. The molecule has 0 amide bonds. The molecule has 10 heavy (non-hydrogen) atoms. The first kappa shape index (κ1) is 5.61. The van der Waals surface area contributed by atoms with Gasteiger partial charge in [0.2, 0.25) is 0 Å². The van der Waals surface area contributed by atoms with Crippen molar-refractivity contribution >= 4 is 11.5 Å². The molecule has 2 aromatic heterocycles. The van der Waals surface area contributed by atoms with E-state index in [1.54, 1.807) is 6.20 Å². The maximum atomic E-state index is 4.14. The Morgan fingerprint density at radius 3 is 3.10 bits per heavy atom. The molecule has 1 N–H and O–H groups in total. The third-order valence-corrected chi connectivity index (χ3v) is 1.79. The average Bonchev–Trinajstić information content (AvgIpc) is 2.59. The van der Waals surface area contributed by atoms with E-state index in [1.807, 2.05) is 17.6 Å². The first-order chi connectivity index (χ1) is 4.97. The lowest BCUT2D eigenvalue weighted by Gasteiger charge is -1.82. The van der Waals surface area contributed by atoms with E-state index < -0.39 is 0 Å². The second-order valence-corrected chi connectivity index (χ2v) is 2.54. The predicted molar refractivity (Wildman–Crippen MR) is 39.7 cm³/mol. The summed E-state index contributed by atoms with van der Waals surface area (Å²) in [5, 5.41) is 8.50. The lowest BCUT2D eigenvalue weighted by atomic mass is 10.3. The zero-order chi connectivity index (χ0) is 6.81. The van der Waals surface area contributed by atoms with E-state index in [0.717, 1.165) is 11.3 Å². The van der Waals surface area contributed by atoms with Crippen molar-refractivity contribution in [3.05, 3.63) is 23.8 Å². The van der Waals surface area contributed by atoms with Crippen LogP contribution in [0.4, 0.5) is 0 Å². The molecule has 50 valence electrons. The van der Waals surface area contributed by atoms with Gasteiger partial charge in [-0.25, -0.2) is 0 Å². The maximum Gasteiger partial charge on any atom is 0.0872 e. The zero-order valence-electron chi connectivity index (χ0n) is 5.11. The maximum absolute atomic E-state index is 4.14. The van der Waals surface area contributed by atoms with E-state index in [9.17, 15) is 0 Å². The second-order valence-electron chi connectivity index (χ2n) is 1.87. The minimum atomic E-state index is 0.985. The summed E-state index contributed by atoms with van der Waals surface area (Å²) < 4.78 is 4.14. The normalized spacial score (nSPS) is 10.0. The van der Waals surface area contributed by atoms with E-state index in [0.29, 0.717) is 0 Å². The van der Waals surface area contributed by atoms with Gasteiger partial charge in [0.15, 0.2) is 0 Å². The third-order valence-electron chi connectivity index (χ3n) is 1.23. The Bertz CT molecular complexity index is 252. The van der Waals surface area contributed by atoms with Crippen molar-refractivity contribution in [2.24, 2.45) is 0 Å². The summed E-state index contributed by atoms with van der Waals surface area (Å²) in [7, 11) is 0. The Kier molecular flexibility index (Phi) is 1.25. The molecule has 0 fully saturated rings. The van der Waals surface area contributed by atoms with Crippen LogP contribution >= 0.6 is 11.5 Å². The summed E-state index contributed by atoms with van der Waals surface area (Å²) in [4.78, 5) is 0. The summed E-state index contributed by atoms with van der Waals surface area (Å²) in [6.07, 6.45) is 3.59. The molecule has 0 radical (unpaired) electrons. The number of aromatic amines is 1. The quantitative estimate of drug-likeness (QED) is 0.671. The highest BCUT2D eigenvalue weighted by Gasteiger charge is 1.97. The van der Waals surface area contributed by atoms with Gasteiger partial charge in [0.05, 0.1) is 11.9 Å². The van der Waals surface area contributed by atoms with Gasteiger partial charge in [0.1, 0.15) is 0 Å². The van der Waals surface area contributed by atoms with Crippen molar-refractivity contribution in [2.45, 2.75) is 0 Å². The summed E-state index contributed by atoms with van der Waals surface area (Å²) in [5.74, 6) is 0. The monoisotopic (exact) mass is 151 g/mol. The molecule has 0 unspecified atom stereocenters. The van der Waals surface area contributed by atoms with Crippen LogP contribution in [0.25, 0.3) is 11.3 Å². The molecular formula is C6H5N3S.